The van der Waals surface area contributed by atoms with Crippen LogP contribution < -0.4 is 10.1 Å². The lowest BCUT2D eigenvalue weighted by Crippen LogP contribution is -2.63. The van der Waals surface area contributed by atoms with Gasteiger partial charge in [0.2, 0.25) is 0 Å². The maximum absolute atomic E-state index is 11.0. The van der Waals surface area contributed by atoms with Crippen LogP contribution in [0.4, 0.5) is 5.69 Å². The van der Waals surface area contributed by atoms with Gasteiger partial charge in [0, 0.05) is 23.9 Å². The van der Waals surface area contributed by atoms with Crippen molar-refractivity contribution in [3.63, 3.8) is 0 Å². The van der Waals surface area contributed by atoms with Crippen molar-refractivity contribution in [3.8, 4) is 5.75 Å². The fourth-order valence-electron chi connectivity index (χ4n) is 4.10. The second kappa shape index (κ2) is 5.30. The zero-order valence-corrected chi connectivity index (χ0v) is 12.6. The van der Waals surface area contributed by atoms with Gasteiger partial charge in [-0.1, -0.05) is 18.9 Å². The Morgan fingerprint density at radius 3 is 2.71 bits per heavy atom. The summed E-state index contributed by atoms with van der Waals surface area (Å²) in [7, 11) is 2.01. The van der Waals surface area contributed by atoms with Crippen molar-refractivity contribution in [3.05, 3.63) is 33.9 Å². The van der Waals surface area contributed by atoms with E-state index in [1.807, 2.05) is 13.1 Å². The summed E-state index contributed by atoms with van der Waals surface area (Å²) in [6.07, 6.45) is 6.06. The van der Waals surface area contributed by atoms with E-state index in [2.05, 4.69) is 5.32 Å². The van der Waals surface area contributed by atoms with Gasteiger partial charge in [-0.05, 0) is 32.9 Å². The molecule has 2 aliphatic carbocycles. The first-order valence-electron chi connectivity index (χ1n) is 7.66. The number of rotatable bonds is 4. The minimum absolute atomic E-state index is 0.137. The van der Waals surface area contributed by atoms with Gasteiger partial charge in [0.15, 0.2) is 0 Å². The summed E-state index contributed by atoms with van der Waals surface area (Å²) in [6, 6.07) is 5.60. The molecule has 2 saturated carbocycles. The average molecular weight is 290 g/mol. The zero-order chi connectivity index (χ0) is 15.0. The van der Waals surface area contributed by atoms with Crippen LogP contribution in [0.5, 0.6) is 5.75 Å². The standard InChI is InChI=1S/C16H22N2O3/c1-11-12(18(19)20)6-5-7-13(11)21-15-10-14(17-2)16(15)8-3-4-9-16/h5-7,14-15,17H,3-4,8-10H2,1-2H3. The molecule has 0 aromatic heterocycles. The van der Waals surface area contributed by atoms with Crippen LogP contribution in [0, 0.1) is 22.5 Å². The summed E-state index contributed by atoms with van der Waals surface area (Å²) in [6.45, 7) is 1.77. The van der Waals surface area contributed by atoms with Crippen molar-refractivity contribution >= 4 is 5.69 Å². The van der Waals surface area contributed by atoms with Gasteiger partial charge in [0.05, 0.1) is 10.5 Å². The molecule has 2 unspecified atom stereocenters. The summed E-state index contributed by atoms with van der Waals surface area (Å²) in [5.74, 6) is 0.662. The molecule has 1 aromatic carbocycles. The van der Waals surface area contributed by atoms with Gasteiger partial charge >= 0.3 is 0 Å². The van der Waals surface area contributed by atoms with Gasteiger partial charge in [-0.2, -0.15) is 0 Å². The molecule has 0 amide bonds. The van der Waals surface area contributed by atoms with Gasteiger partial charge in [-0.25, -0.2) is 0 Å². The molecule has 0 bridgehead atoms. The number of hydrogen-bond donors (Lipinski definition) is 1. The SMILES string of the molecule is CNC1CC(Oc2cccc([N+](=O)[O-])c2C)C12CCCC2. The molecule has 3 rings (SSSR count). The van der Waals surface area contributed by atoms with E-state index in [4.69, 9.17) is 4.74 Å². The topological polar surface area (TPSA) is 64.4 Å². The van der Waals surface area contributed by atoms with Gasteiger partial charge in [0.25, 0.3) is 5.69 Å². The second-order valence-corrected chi connectivity index (χ2v) is 6.28. The number of nitrogens with one attached hydrogen (secondary N) is 1. The molecule has 21 heavy (non-hydrogen) atoms. The summed E-state index contributed by atoms with van der Waals surface area (Å²) < 4.78 is 6.20. The van der Waals surface area contributed by atoms with Crippen LogP contribution in [0.15, 0.2) is 18.2 Å². The first kappa shape index (κ1) is 14.3. The Morgan fingerprint density at radius 1 is 1.38 bits per heavy atom. The van der Waals surface area contributed by atoms with E-state index in [-0.39, 0.29) is 22.1 Å². The van der Waals surface area contributed by atoms with Crippen LogP contribution in [0.2, 0.25) is 0 Å². The van der Waals surface area contributed by atoms with Crippen molar-refractivity contribution in [1.29, 1.82) is 0 Å². The van der Waals surface area contributed by atoms with Gasteiger partial charge < -0.3 is 10.1 Å². The molecule has 1 spiro atoms. The van der Waals surface area contributed by atoms with Crippen molar-refractivity contribution in [1.82, 2.24) is 5.32 Å². The van der Waals surface area contributed by atoms with Gasteiger partial charge in [0.1, 0.15) is 11.9 Å². The van der Waals surface area contributed by atoms with Crippen LogP contribution in [-0.2, 0) is 0 Å². The monoisotopic (exact) mass is 290 g/mol. The molecule has 5 heteroatoms. The van der Waals surface area contributed by atoms with E-state index in [0.29, 0.717) is 17.4 Å². The molecule has 114 valence electrons. The molecule has 5 nitrogen and oxygen atoms in total. The molecule has 0 heterocycles. The predicted molar refractivity (Wildman–Crippen MR) is 80.6 cm³/mol. The van der Waals surface area contributed by atoms with E-state index in [9.17, 15) is 10.1 Å². The number of nitro benzene ring substituents is 1. The molecule has 2 fully saturated rings. The van der Waals surface area contributed by atoms with Crippen LogP contribution >= 0.6 is 0 Å². The highest BCUT2D eigenvalue weighted by Gasteiger charge is 2.57. The summed E-state index contributed by atoms with van der Waals surface area (Å²) >= 11 is 0. The fourth-order valence-corrected chi connectivity index (χ4v) is 4.10. The number of benzene rings is 1. The Labute approximate surface area is 124 Å². The second-order valence-electron chi connectivity index (χ2n) is 6.28. The minimum Gasteiger partial charge on any atom is -0.489 e. The molecular formula is C16H22N2O3. The zero-order valence-electron chi connectivity index (χ0n) is 12.6. The highest BCUT2D eigenvalue weighted by molar-refractivity contribution is 5.48. The molecule has 0 aliphatic heterocycles. The lowest BCUT2D eigenvalue weighted by Gasteiger charge is -2.53. The van der Waals surface area contributed by atoms with Crippen molar-refractivity contribution < 1.29 is 9.66 Å². The Balaban J connectivity index is 1.82. The van der Waals surface area contributed by atoms with Crippen LogP contribution in [0.1, 0.15) is 37.7 Å². The smallest absolute Gasteiger partial charge is 0.276 e. The molecule has 2 aliphatic rings. The van der Waals surface area contributed by atoms with Gasteiger partial charge in [-0.3, -0.25) is 10.1 Å². The number of nitro groups is 1. The van der Waals surface area contributed by atoms with Crippen LogP contribution in [-0.4, -0.2) is 24.1 Å². The molecule has 0 radical (unpaired) electrons. The number of nitrogens with zero attached hydrogens (tertiary/aromatic N) is 1. The van der Waals surface area contributed by atoms with E-state index in [1.54, 1.807) is 13.0 Å². The average Bonchev–Trinajstić information content (AvgIpc) is 2.96. The Bertz CT molecular complexity index is 552. The summed E-state index contributed by atoms with van der Waals surface area (Å²) in [4.78, 5) is 10.7. The largest absolute Gasteiger partial charge is 0.489 e. The fraction of sp³-hybridized carbons (Fsp3) is 0.625. The van der Waals surface area contributed by atoms with Crippen molar-refractivity contribution in [2.75, 3.05) is 7.05 Å². The van der Waals surface area contributed by atoms with E-state index in [0.717, 1.165) is 6.42 Å². The quantitative estimate of drug-likeness (QED) is 0.683. The first-order chi connectivity index (χ1) is 10.1. The normalized spacial score (nSPS) is 26.6. The lowest BCUT2D eigenvalue weighted by atomic mass is 9.60. The van der Waals surface area contributed by atoms with Crippen molar-refractivity contribution in [2.45, 2.75) is 51.2 Å². The third kappa shape index (κ3) is 2.20. The Hall–Kier alpha value is -1.62. The first-order valence-corrected chi connectivity index (χ1v) is 7.66. The number of ether oxygens (including phenoxy) is 1. The number of hydrogen-bond acceptors (Lipinski definition) is 4. The minimum atomic E-state index is -0.343. The van der Waals surface area contributed by atoms with Gasteiger partial charge in [-0.15, -0.1) is 0 Å². The van der Waals surface area contributed by atoms with Crippen LogP contribution in [0.25, 0.3) is 0 Å². The summed E-state index contributed by atoms with van der Waals surface area (Å²) in [5.41, 5.74) is 0.993. The molecular weight excluding hydrogens is 268 g/mol. The Kier molecular flexibility index (Phi) is 3.61. The van der Waals surface area contributed by atoms with Crippen molar-refractivity contribution in [2.24, 2.45) is 5.41 Å². The van der Waals surface area contributed by atoms with E-state index >= 15 is 0 Å². The summed E-state index contributed by atoms with van der Waals surface area (Å²) in [5, 5.41) is 14.4. The third-order valence-corrected chi connectivity index (χ3v) is 5.39. The lowest BCUT2D eigenvalue weighted by molar-refractivity contribution is -0.385. The predicted octanol–water partition coefficient (Wildman–Crippen LogP) is 3.20. The molecule has 0 saturated heterocycles. The molecule has 1 aromatic rings. The molecule has 2 atom stereocenters. The molecule has 1 N–H and O–H groups in total. The maximum atomic E-state index is 11.0. The Morgan fingerprint density at radius 2 is 2.10 bits per heavy atom. The highest BCUT2D eigenvalue weighted by atomic mass is 16.6. The van der Waals surface area contributed by atoms with Crippen LogP contribution in [0.3, 0.4) is 0 Å². The highest BCUT2D eigenvalue weighted by Crippen LogP contribution is 2.54. The maximum Gasteiger partial charge on any atom is 0.276 e. The van der Waals surface area contributed by atoms with E-state index < -0.39 is 0 Å². The third-order valence-electron chi connectivity index (χ3n) is 5.39. The van der Waals surface area contributed by atoms with E-state index in [1.165, 1.54) is 31.7 Å².